The van der Waals surface area contributed by atoms with Gasteiger partial charge in [0.1, 0.15) is 5.75 Å². The van der Waals surface area contributed by atoms with Gasteiger partial charge in [-0.3, -0.25) is 4.79 Å². The number of ether oxygens (including phenoxy) is 1. The first-order chi connectivity index (χ1) is 12.7. The van der Waals surface area contributed by atoms with Gasteiger partial charge in [0.05, 0.1) is 12.8 Å². The molecular weight excluding hydrogens is 346 g/mol. The minimum atomic E-state index is 0.0961. The van der Waals surface area contributed by atoms with Crippen LogP contribution in [0.25, 0.3) is 0 Å². The van der Waals surface area contributed by atoms with Crippen LogP contribution < -0.4 is 15.4 Å². The average Bonchev–Trinajstić information content (AvgIpc) is 2.69. The fraction of sp³-hybridized carbons (Fsp3) is 0.300. The molecule has 2 aromatic rings. The highest BCUT2D eigenvalue weighted by Gasteiger charge is 2.24. The third-order valence-electron chi connectivity index (χ3n) is 4.49. The third kappa shape index (κ3) is 4.52. The lowest BCUT2D eigenvalue weighted by molar-refractivity contribution is 0.0710. The fourth-order valence-electron chi connectivity index (χ4n) is 3.08. The maximum Gasteiger partial charge on any atom is 0.253 e. The molecule has 0 unspecified atom stereocenters. The third-order valence-corrected chi connectivity index (χ3v) is 4.71. The van der Waals surface area contributed by atoms with Crippen molar-refractivity contribution in [3.63, 3.8) is 0 Å². The summed E-state index contributed by atoms with van der Waals surface area (Å²) in [6, 6.07) is 17.3. The summed E-state index contributed by atoms with van der Waals surface area (Å²) in [6.45, 7) is 1.45. The van der Waals surface area contributed by atoms with Crippen molar-refractivity contribution in [1.82, 2.24) is 10.2 Å². The van der Waals surface area contributed by atoms with E-state index in [0.717, 1.165) is 42.9 Å². The van der Waals surface area contributed by atoms with Crippen molar-refractivity contribution in [1.29, 1.82) is 0 Å². The first-order valence-electron chi connectivity index (χ1n) is 8.72. The summed E-state index contributed by atoms with van der Waals surface area (Å²) < 4.78 is 5.32. The molecule has 26 heavy (non-hydrogen) atoms. The van der Waals surface area contributed by atoms with Crippen molar-refractivity contribution in [3.05, 3.63) is 60.2 Å². The molecule has 6 heteroatoms. The molecule has 3 rings (SSSR count). The summed E-state index contributed by atoms with van der Waals surface area (Å²) in [5, 5.41) is 7.10. The number of likely N-dealkylation sites (tertiary alicyclic amines) is 1. The topological polar surface area (TPSA) is 53.6 Å². The molecular formula is C20H23N3O2S. The zero-order chi connectivity index (χ0) is 18.4. The lowest BCUT2D eigenvalue weighted by Gasteiger charge is -2.33. The maximum atomic E-state index is 12.5. The van der Waals surface area contributed by atoms with Gasteiger partial charge < -0.3 is 20.3 Å². The van der Waals surface area contributed by atoms with Crippen molar-refractivity contribution in [2.45, 2.75) is 18.9 Å². The van der Waals surface area contributed by atoms with E-state index in [1.807, 2.05) is 59.5 Å². The van der Waals surface area contributed by atoms with Crippen LogP contribution in [-0.4, -0.2) is 42.2 Å². The zero-order valence-electron chi connectivity index (χ0n) is 14.8. The minimum absolute atomic E-state index is 0.0961. The number of nitrogens with one attached hydrogen (secondary N) is 2. The van der Waals surface area contributed by atoms with Gasteiger partial charge in [0, 0.05) is 24.7 Å². The molecule has 1 aliphatic rings. The Morgan fingerprint density at radius 2 is 1.73 bits per heavy atom. The molecule has 0 bridgehead atoms. The van der Waals surface area contributed by atoms with E-state index in [2.05, 4.69) is 10.6 Å². The predicted octanol–water partition coefficient (Wildman–Crippen LogP) is 3.29. The highest BCUT2D eigenvalue weighted by molar-refractivity contribution is 7.80. The second-order valence-electron chi connectivity index (χ2n) is 6.23. The smallest absolute Gasteiger partial charge is 0.253 e. The van der Waals surface area contributed by atoms with E-state index in [4.69, 9.17) is 17.0 Å². The summed E-state index contributed by atoms with van der Waals surface area (Å²) in [4.78, 5) is 14.4. The van der Waals surface area contributed by atoms with Gasteiger partial charge in [0.15, 0.2) is 5.11 Å². The molecule has 0 spiro atoms. The number of piperidine rings is 1. The van der Waals surface area contributed by atoms with E-state index in [1.165, 1.54) is 0 Å². The monoisotopic (exact) mass is 369 g/mol. The number of para-hydroxylation sites is 2. The Bertz CT molecular complexity index is 759. The van der Waals surface area contributed by atoms with E-state index in [9.17, 15) is 4.79 Å². The number of carbonyl (C=O) groups excluding carboxylic acids is 1. The number of methoxy groups -OCH3 is 1. The summed E-state index contributed by atoms with van der Waals surface area (Å²) in [7, 11) is 1.64. The van der Waals surface area contributed by atoms with Crippen molar-refractivity contribution >= 4 is 28.9 Å². The molecule has 5 nitrogen and oxygen atoms in total. The summed E-state index contributed by atoms with van der Waals surface area (Å²) in [5.41, 5.74) is 1.58. The van der Waals surface area contributed by atoms with E-state index in [0.29, 0.717) is 5.11 Å². The van der Waals surface area contributed by atoms with Crippen LogP contribution in [0, 0.1) is 0 Å². The Balaban J connectivity index is 1.49. The number of hydrogen-bond acceptors (Lipinski definition) is 3. The molecule has 1 heterocycles. The predicted molar refractivity (Wildman–Crippen MR) is 108 cm³/mol. The number of thiocarbonyl (C=S) groups is 1. The number of rotatable bonds is 4. The molecule has 136 valence electrons. The van der Waals surface area contributed by atoms with Crippen LogP contribution in [0.5, 0.6) is 5.75 Å². The average molecular weight is 369 g/mol. The minimum Gasteiger partial charge on any atom is -0.495 e. The lowest BCUT2D eigenvalue weighted by atomic mass is 10.0. The molecule has 1 amide bonds. The van der Waals surface area contributed by atoms with Gasteiger partial charge in [-0.15, -0.1) is 0 Å². The number of nitrogens with zero attached hydrogens (tertiary/aromatic N) is 1. The van der Waals surface area contributed by atoms with Crippen LogP contribution in [0.4, 0.5) is 5.69 Å². The molecule has 0 saturated carbocycles. The highest BCUT2D eigenvalue weighted by Crippen LogP contribution is 2.23. The summed E-state index contributed by atoms with van der Waals surface area (Å²) >= 11 is 5.42. The molecule has 2 N–H and O–H groups in total. The fourth-order valence-corrected chi connectivity index (χ4v) is 3.36. The van der Waals surface area contributed by atoms with Gasteiger partial charge in [-0.1, -0.05) is 30.3 Å². The Morgan fingerprint density at radius 1 is 1.08 bits per heavy atom. The second kappa shape index (κ2) is 8.67. The van der Waals surface area contributed by atoms with Gasteiger partial charge >= 0.3 is 0 Å². The second-order valence-corrected chi connectivity index (χ2v) is 6.64. The number of carbonyl (C=O) groups is 1. The molecule has 2 aromatic carbocycles. The standard InChI is InChI=1S/C20H23N3O2S/c1-25-18-10-6-5-9-17(18)22-20(26)21-16-11-13-23(14-12-16)19(24)15-7-3-2-4-8-15/h2-10,16H,11-14H2,1H3,(H2,21,22,26). The molecule has 0 atom stereocenters. The quantitative estimate of drug-likeness (QED) is 0.810. The zero-order valence-corrected chi connectivity index (χ0v) is 15.6. The number of benzene rings is 2. The molecule has 0 aromatic heterocycles. The highest BCUT2D eigenvalue weighted by atomic mass is 32.1. The van der Waals surface area contributed by atoms with Gasteiger partial charge in [-0.25, -0.2) is 0 Å². The van der Waals surface area contributed by atoms with Gasteiger partial charge in [-0.2, -0.15) is 0 Å². The van der Waals surface area contributed by atoms with Gasteiger partial charge in [-0.05, 0) is 49.3 Å². The van der Waals surface area contributed by atoms with Crippen LogP contribution in [0.15, 0.2) is 54.6 Å². The molecule has 0 radical (unpaired) electrons. The first kappa shape index (κ1) is 18.2. The number of amides is 1. The first-order valence-corrected chi connectivity index (χ1v) is 9.13. The SMILES string of the molecule is COc1ccccc1NC(=S)NC1CCN(C(=O)c2ccccc2)CC1. The van der Waals surface area contributed by atoms with Gasteiger partial charge in [0.2, 0.25) is 0 Å². The summed E-state index contributed by atoms with van der Waals surface area (Å²) in [5.74, 6) is 0.846. The van der Waals surface area contributed by atoms with Crippen molar-refractivity contribution in [3.8, 4) is 5.75 Å². The van der Waals surface area contributed by atoms with Crippen molar-refractivity contribution in [2.24, 2.45) is 0 Å². The molecule has 1 saturated heterocycles. The van der Waals surface area contributed by atoms with Crippen LogP contribution >= 0.6 is 12.2 Å². The van der Waals surface area contributed by atoms with Crippen LogP contribution in [0.1, 0.15) is 23.2 Å². The maximum absolute atomic E-state index is 12.5. The number of hydrogen-bond donors (Lipinski definition) is 2. The van der Waals surface area contributed by atoms with Crippen LogP contribution in [0.3, 0.4) is 0 Å². The van der Waals surface area contributed by atoms with Crippen LogP contribution in [-0.2, 0) is 0 Å². The van der Waals surface area contributed by atoms with Gasteiger partial charge in [0.25, 0.3) is 5.91 Å². The lowest BCUT2D eigenvalue weighted by Crippen LogP contribution is -2.47. The van der Waals surface area contributed by atoms with E-state index in [-0.39, 0.29) is 11.9 Å². The molecule has 1 fully saturated rings. The Kier molecular flexibility index (Phi) is 6.07. The van der Waals surface area contributed by atoms with E-state index >= 15 is 0 Å². The normalized spacial score (nSPS) is 14.6. The largest absolute Gasteiger partial charge is 0.495 e. The summed E-state index contributed by atoms with van der Waals surface area (Å²) in [6.07, 6.45) is 1.73. The van der Waals surface area contributed by atoms with Crippen molar-refractivity contribution < 1.29 is 9.53 Å². The number of anilines is 1. The Hall–Kier alpha value is -2.60. The molecule has 0 aliphatic carbocycles. The Labute approximate surface area is 159 Å². The van der Waals surface area contributed by atoms with E-state index in [1.54, 1.807) is 7.11 Å². The molecule has 1 aliphatic heterocycles. The van der Waals surface area contributed by atoms with Crippen molar-refractivity contribution in [2.75, 3.05) is 25.5 Å². The van der Waals surface area contributed by atoms with E-state index < -0.39 is 0 Å². The Morgan fingerprint density at radius 3 is 2.42 bits per heavy atom. The van der Waals surface area contributed by atoms with Crippen LogP contribution in [0.2, 0.25) is 0 Å².